The molecule has 0 heterocycles. The van der Waals surface area contributed by atoms with E-state index in [1.165, 1.54) is 0 Å². The maximum Gasteiger partial charge on any atom is 1.00 e. The molecule has 60 valence electrons. The molecule has 0 amide bonds. The maximum absolute atomic E-state index is 9.71. The van der Waals surface area contributed by atoms with Crippen LogP contribution >= 0.6 is 0 Å². The zero-order valence-corrected chi connectivity index (χ0v) is 13.2. The molecule has 0 aliphatic heterocycles. The van der Waals surface area contributed by atoms with Gasteiger partial charge in [-0.1, -0.05) is 0 Å². The summed E-state index contributed by atoms with van der Waals surface area (Å²) in [5, 5.41) is 19.3. The minimum Gasteiger partial charge on any atom is -0.550 e. The van der Waals surface area contributed by atoms with Crippen molar-refractivity contribution in [2.24, 2.45) is 5.73 Å². The second kappa shape index (κ2) is 13.1. The second-order valence-corrected chi connectivity index (χ2v) is 1.50. The SMILES string of the molecule is N[C@@H](CC(=O)[O-])C(=O)[O-].O.[K+].[K+]. The molecule has 0 fully saturated rings. The minimum absolute atomic E-state index is 0. The normalized spacial score (nSPS) is 9.42. The van der Waals surface area contributed by atoms with Crippen LogP contribution in [0.1, 0.15) is 6.42 Å². The Labute approximate surface area is 154 Å². The Morgan fingerprint density at radius 3 is 1.67 bits per heavy atom. The van der Waals surface area contributed by atoms with E-state index in [1.54, 1.807) is 0 Å². The summed E-state index contributed by atoms with van der Waals surface area (Å²) in [5.74, 6) is -3.08. The van der Waals surface area contributed by atoms with Crippen LogP contribution in [0, 0.1) is 0 Å². The summed E-state index contributed by atoms with van der Waals surface area (Å²) in [4.78, 5) is 19.3. The van der Waals surface area contributed by atoms with Crippen molar-refractivity contribution in [1.29, 1.82) is 0 Å². The number of hydrogen-bond acceptors (Lipinski definition) is 5. The molecule has 6 nitrogen and oxygen atoms in total. The van der Waals surface area contributed by atoms with Gasteiger partial charge < -0.3 is 31.0 Å². The molecule has 8 heteroatoms. The van der Waals surface area contributed by atoms with E-state index < -0.39 is 24.4 Å². The van der Waals surface area contributed by atoms with Gasteiger partial charge in [0.25, 0.3) is 0 Å². The van der Waals surface area contributed by atoms with Gasteiger partial charge in [0.2, 0.25) is 0 Å². The first kappa shape index (κ1) is 23.7. The fraction of sp³-hybridized carbons (Fsp3) is 0.500. The number of carbonyl (C=O) groups excluding carboxylic acids is 2. The fourth-order valence-corrected chi connectivity index (χ4v) is 0.263. The molecule has 0 spiro atoms. The molecule has 0 aromatic heterocycles. The molecule has 1 atom stereocenters. The Kier molecular flexibility index (Phi) is 26.0. The number of carboxylic acid groups (broad SMARTS) is 2. The van der Waals surface area contributed by atoms with Gasteiger partial charge in [-0.2, -0.15) is 0 Å². The quantitative estimate of drug-likeness (QED) is 0.477. The van der Waals surface area contributed by atoms with E-state index in [-0.39, 0.29) is 108 Å². The number of rotatable bonds is 3. The minimum atomic E-state index is -1.58. The molecular weight excluding hydrogens is 220 g/mol. The predicted molar refractivity (Wildman–Crippen MR) is 26.2 cm³/mol. The summed E-state index contributed by atoms with van der Waals surface area (Å²) in [6.45, 7) is 0. The van der Waals surface area contributed by atoms with Gasteiger partial charge >= 0.3 is 103 Å². The summed E-state index contributed by atoms with van der Waals surface area (Å²) in [5.41, 5.74) is 4.73. The summed E-state index contributed by atoms with van der Waals surface area (Å²) < 4.78 is 0. The molecule has 0 aliphatic rings. The maximum atomic E-state index is 9.71. The molecule has 0 rings (SSSR count). The molecular formula is C4H7K2NO5. The van der Waals surface area contributed by atoms with Gasteiger partial charge in [-0.3, -0.25) is 0 Å². The molecule has 0 radical (unpaired) electrons. The van der Waals surface area contributed by atoms with Crippen LogP contribution in [0.15, 0.2) is 0 Å². The van der Waals surface area contributed by atoms with Gasteiger partial charge in [-0.25, -0.2) is 0 Å². The van der Waals surface area contributed by atoms with Crippen molar-refractivity contribution in [3.05, 3.63) is 0 Å². The van der Waals surface area contributed by atoms with Crippen LogP contribution < -0.4 is 119 Å². The number of hydrogen-bond donors (Lipinski definition) is 1. The summed E-state index contributed by atoms with van der Waals surface area (Å²) in [7, 11) is 0. The smallest absolute Gasteiger partial charge is 0.550 e. The van der Waals surface area contributed by atoms with Crippen molar-refractivity contribution in [3.63, 3.8) is 0 Å². The third kappa shape index (κ3) is 14.6. The molecule has 0 aromatic carbocycles. The largest absolute Gasteiger partial charge is 1.00 e. The van der Waals surface area contributed by atoms with Crippen LogP contribution in [0.5, 0.6) is 0 Å². The van der Waals surface area contributed by atoms with Gasteiger partial charge in [0, 0.05) is 18.4 Å². The molecule has 0 saturated carbocycles. The number of aliphatic carboxylic acids is 2. The summed E-state index contributed by atoms with van der Waals surface area (Å²) >= 11 is 0. The van der Waals surface area contributed by atoms with E-state index >= 15 is 0 Å². The summed E-state index contributed by atoms with van der Waals surface area (Å²) in [6.07, 6.45) is -0.706. The van der Waals surface area contributed by atoms with E-state index in [0.29, 0.717) is 0 Å². The van der Waals surface area contributed by atoms with Crippen molar-refractivity contribution in [3.8, 4) is 0 Å². The Hall–Kier alpha value is 2.13. The number of carboxylic acids is 2. The third-order valence-electron chi connectivity index (χ3n) is 0.689. The first-order valence-corrected chi connectivity index (χ1v) is 2.20. The van der Waals surface area contributed by atoms with Crippen LogP contribution in [-0.2, 0) is 9.59 Å². The van der Waals surface area contributed by atoms with Gasteiger partial charge in [0.15, 0.2) is 0 Å². The standard InChI is InChI=1S/C4H7NO4.2K.H2O/c5-2(4(8)9)1-3(6)7;;;/h2H,1,5H2,(H,6,7)(H,8,9);;;1H2/q;2*+1;/p-2/t2-;;;/m0.../s1. The van der Waals surface area contributed by atoms with Crippen LogP contribution in [0.25, 0.3) is 0 Å². The molecule has 0 unspecified atom stereocenters. The average molecular weight is 227 g/mol. The topological polar surface area (TPSA) is 138 Å². The van der Waals surface area contributed by atoms with E-state index in [9.17, 15) is 19.8 Å². The van der Waals surface area contributed by atoms with E-state index in [0.717, 1.165) is 0 Å². The van der Waals surface area contributed by atoms with Crippen molar-refractivity contribution < 1.29 is 128 Å². The van der Waals surface area contributed by atoms with E-state index in [1.807, 2.05) is 0 Å². The van der Waals surface area contributed by atoms with Gasteiger partial charge in [0.05, 0.1) is 5.97 Å². The van der Waals surface area contributed by atoms with Crippen molar-refractivity contribution in [2.75, 3.05) is 0 Å². The molecule has 0 saturated heterocycles. The average Bonchev–Trinajstić information content (AvgIpc) is 1.63. The molecule has 4 N–H and O–H groups in total. The fourth-order valence-electron chi connectivity index (χ4n) is 0.263. The Bertz CT molecular complexity index is 141. The van der Waals surface area contributed by atoms with Crippen LogP contribution in [-0.4, -0.2) is 23.5 Å². The number of carbonyl (C=O) groups is 2. The van der Waals surface area contributed by atoms with Crippen molar-refractivity contribution in [1.82, 2.24) is 0 Å². The second-order valence-electron chi connectivity index (χ2n) is 1.50. The summed E-state index contributed by atoms with van der Waals surface area (Å²) in [6, 6.07) is -1.46. The van der Waals surface area contributed by atoms with E-state index in [2.05, 4.69) is 0 Å². The molecule has 0 aliphatic carbocycles. The van der Waals surface area contributed by atoms with Crippen molar-refractivity contribution >= 4 is 11.9 Å². The zero-order valence-electron chi connectivity index (χ0n) is 6.99. The van der Waals surface area contributed by atoms with Crippen LogP contribution in [0.2, 0.25) is 0 Å². The zero-order chi connectivity index (χ0) is 7.44. The molecule has 0 bridgehead atoms. The molecule has 0 aromatic rings. The van der Waals surface area contributed by atoms with Gasteiger partial charge in [0.1, 0.15) is 0 Å². The van der Waals surface area contributed by atoms with Gasteiger partial charge in [-0.15, -0.1) is 0 Å². The molecule has 12 heavy (non-hydrogen) atoms. The Morgan fingerprint density at radius 1 is 1.25 bits per heavy atom. The van der Waals surface area contributed by atoms with Gasteiger partial charge in [-0.05, 0) is 0 Å². The number of nitrogens with two attached hydrogens (primary N) is 1. The Balaban J connectivity index is -0.000000107. The Morgan fingerprint density at radius 2 is 1.58 bits per heavy atom. The van der Waals surface area contributed by atoms with Crippen LogP contribution in [0.3, 0.4) is 0 Å². The first-order valence-electron chi connectivity index (χ1n) is 2.20. The van der Waals surface area contributed by atoms with Crippen LogP contribution in [0.4, 0.5) is 0 Å². The third-order valence-corrected chi connectivity index (χ3v) is 0.689. The van der Waals surface area contributed by atoms with Crippen molar-refractivity contribution in [2.45, 2.75) is 12.5 Å². The monoisotopic (exact) mass is 227 g/mol. The first-order chi connectivity index (χ1) is 4.04. The predicted octanol–water partition coefficient (Wildman–Crippen LogP) is -10.6. The van der Waals surface area contributed by atoms with E-state index in [4.69, 9.17) is 5.73 Å².